The number of benzene rings is 3. The molecule has 2 unspecified atom stereocenters. The van der Waals surface area contributed by atoms with Crippen LogP contribution in [-0.4, -0.2) is 81.2 Å². The topological polar surface area (TPSA) is 146 Å². The third kappa shape index (κ3) is 9.52. The Morgan fingerprint density at radius 1 is 1.02 bits per heavy atom. The number of urea groups is 1. The smallest absolute Gasteiger partial charge is 0.351 e. The van der Waals surface area contributed by atoms with Crippen LogP contribution in [0.15, 0.2) is 71.1 Å². The van der Waals surface area contributed by atoms with E-state index in [2.05, 4.69) is 9.68 Å². The Morgan fingerprint density at radius 2 is 1.68 bits per heavy atom. The zero-order valence-electron chi connectivity index (χ0n) is 31.3. The highest BCUT2D eigenvalue weighted by atomic mass is 35.5. The highest BCUT2D eigenvalue weighted by Gasteiger charge is 2.53. The van der Waals surface area contributed by atoms with Crippen molar-refractivity contribution in [3.05, 3.63) is 93.5 Å². The van der Waals surface area contributed by atoms with Crippen LogP contribution in [0.1, 0.15) is 80.9 Å². The van der Waals surface area contributed by atoms with Crippen LogP contribution in [0, 0.1) is 11.3 Å². The molecule has 5 atom stereocenters. The van der Waals surface area contributed by atoms with E-state index in [0.29, 0.717) is 15.7 Å². The van der Waals surface area contributed by atoms with Crippen molar-refractivity contribution in [1.82, 2.24) is 9.80 Å². The van der Waals surface area contributed by atoms with Gasteiger partial charge in [0.1, 0.15) is 11.3 Å². The van der Waals surface area contributed by atoms with Gasteiger partial charge in [0, 0.05) is 59.5 Å². The number of nitrogens with one attached hydrogen (secondary N) is 1. The number of rotatable bonds is 12. The lowest BCUT2D eigenvalue weighted by atomic mass is 9.66. The lowest BCUT2D eigenvalue weighted by Crippen LogP contribution is -2.59. The van der Waals surface area contributed by atoms with E-state index in [-0.39, 0.29) is 41.7 Å². The first-order valence-corrected chi connectivity index (χ1v) is 19.8. The number of hydrogen-bond acceptors (Lipinski definition) is 6. The number of anilines is 1. The number of likely N-dealkylation sites (tertiary alicyclic amines) is 1. The number of carboxylic acids is 1. The summed E-state index contributed by atoms with van der Waals surface area (Å²) in [5.74, 6) is -2.64. The zero-order valence-corrected chi connectivity index (χ0v) is 33.6. The van der Waals surface area contributed by atoms with Crippen LogP contribution in [0.2, 0.25) is 10.0 Å². The summed E-state index contributed by atoms with van der Waals surface area (Å²) < 4.78 is 24.2. The highest BCUT2D eigenvalue weighted by molar-refractivity contribution is 7.94. The van der Waals surface area contributed by atoms with Crippen molar-refractivity contribution in [2.24, 2.45) is 15.7 Å². The first-order chi connectivity index (χ1) is 24.8. The third-order valence-electron chi connectivity index (χ3n) is 9.75. The van der Waals surface area contributed by atoms with Crippen molar-refractivity contribution in [2.75, 3.05) is 32.3 Å². The van der Waals surface area contributed by atoms with E-state index in [4.69, 9.17) is 27.9 Å². The van der Waals surface area contributed by atoms with Gasteiger partial charge in [0.15, 0.2) is 0 Å². The third-order valence-corrected chi connectivity index (χ3v) is 13.0. The molecule has 0 spiro atoms. The van der Waals surface area contributed by atoms with E-state index < -0.39 is 56.3 Å². The second-order valence-electron chi connectivity index (χ2n) is 14.6. The number of hydrogen-bond donors (Lipinski definition) is 2. The summed E-state index contributed by atoms with van der Waals surface area (Å²) in [6.45, 7) is 9.13. The summed E-state index contributed by atoms with van der Waals surface area (Å²) in [7, 11) is 1.20. The number of halogens is 2. The van der Waals surface area contributed by atoms with Crippen molar-refractivity contribution in [3.8, 4) is 5.75 Å². The van der Waals surface area contributed by atoms with E-state index in [1.807, 2.05) is 44.2 Å². The van der Waals surface area contributed by atoms with Crippen LogP contribution in [0.5, 0.6) is 5.75 Å². The van der Waals surface area contributed by atoms with Gasteiger partial charge in [-0.3, -0.25) is 9.59 Å². The predicted molar refractivity (Wildman–Crippen MR) is 209 cm³/mol. The number of amides is 4. The Hall–Kier alpha value is -4.13. The maximum Gasteiger partial charge on any atom is 0.351 e. The van der Waals surface area contributed by atoms with E-state index in [1.165, 1.54) is 30.2 Å². The van der Waals surface area contributed by atoms with Crippen molar-refractivity contribution in [1.29, 1.82) is 0 Å². The second-order valence-corrected chi connectivity index (χ2v) is 18.3. The summed E-state index contributed by atoms with van der Waals surface area (Å²) in [5.41, 5.74) is 0.579. The Labute approximate surface area is 322 Å². The molecule has 1 aliphatic rings. The average molecular weight is 788 g/mol. The van der Waals surface area contributed by atoms with Gasteiger partial charge in [-0.2, -0.15) is 0 Å². The summed E-state index contributed by atoms with van der Waals surface area (Å²) in [6.07, 6.45) is 0.0160. The first-order valence-electron chi connectivity index (χ1n) is 17.3. The molecule has 2 N–H and O–H groups in total. The van der Waals surface area contributed by atoms with Gasteiger partial charge in [-0.05, 0) is 59.9 Å². The molecule has 53 heavy (non-hydrogen) atoms. The minimum absolute atomic E-state index is 0.0649. The van der Waals surface area contributed by atoms with Crippen molar-refractivity contribution in [3.63, 3.8) is 0 Å². The maximum atomic E-state index is 15.3. The molecule has 1 heterocycles. The number of ether oxygens (including phenoxy) is 1. The van der Waals surface area contributed by atoms with Crippen LogP contribution >= 0.6 is 23.2 Å². The van der Waals surface area contributed by atoms with Crippen LogP contribution in [-0.2, 0) is 19.3 Å². The van der Waals surface area contributed by atoms with Gasteiger partial charge >= 0.3 is 12.0 Å². The first kappa shape index (κ1) is 41.6. The Kier molecular flexibility index (Phi) is 13.3. The van der Waals surface area contributed by atoms with Crippen LogP contribution in [0.25, 0.3) is 0 Å². The highest BCUT2D eigenvalue weighted by Crippen LogP contribution is 2.53. The molecule has 0 aliphatic carbocycles. The standard InChI is InChI=1S/C39H48Cl2N4O7S/c1-23(2)32(22-53(51,24(3)4)43-38(50)44(6)7)45-35(25-12-14-27(40)15-13-25)31(26-10-9-11-28(41)18-26)20-39(5,37(45)49)21-34(46)42-29-16-17-30(36(47)48)33(19-29)52-8/h9-19,23-24,31-32,35H,20-22H2,1-8H3,(H,42,46)(H,47,48)/t31-,32?,35-,39-,53?/m1/s1. The fourth-order valence-electron chi connectivity index (χ4n) is 6.80. The van der Waals surface area contributed by atoms with Crippen LogP contribution < -0.4 is 10.1 Å². The predicted octanol–water partition coefficient (Wildman–Crippen LogP) is 8.38. The molecule has 0 radical (unpaired) electrons. The molecule has 1 saturated heterocycles. The molecule has 0 saturated carbocycles. The average Bonchev–Trinajstić information content (AvgIpc) is 3.08. The number of carbonyl (C=O) groups is 4. The molecular formula is C39H48Cl2N4O7S. The molecule has 4 amide bonds. The minimum atomic E-state index is -3.22. The zero-order chi connectivity index (χ0) is 39.4. The van der Waals surface area contributed by atoms with Gasteiger partial charge in [0.05, 0.1) is 34.0 Å². The van der Waals surface area contributed by atoms with Gasteiger partial charge in [-0.1, -0.05) is 82.1 Å². The molecule has 3 aromatic rings. The summed E-state index contributed by atoms with van der Waals surface area (Å²) in [4.78, 5) is 56.7. The minimum Gasteiger partial charge on any atom is -0.496 e. The van der Waals surface area contributed by atoms with Gasteiger partial charge in [-0.25, -0.2) is 13.8 Å². The number of nitrogens with zero attached hydrogens (tertiary/aromatic N) is 3. The summed E-state index contributed by atoms with van der Waals surface area (Å²) in [5, 5.41) is 12.8. The van der Waals surface area contributed by atoms with E-state index >= 15 is 4.79 Å². The molecule has 1 aliphatic heterocycles. The molecular weight excluding hydrogens is 739 g/mol. The van der Waals surface area contributed by atoms with Crippen molar-refractivity contribution in [2.45, 2.75) is 70.7 Å². The summed E-state index contributed by atoms with van der Waals surface area (Å²) in [6, 6.07) is 16.9. The van der Waals surface area contributed by atoms with E-state index in [1.54, 1.807) is 58.0 Å². The monoisotopic (exact) mass is 786 g/mol. The van der Waals surface area contributed by atoms with Crippen LogP contribution in [0.4, 0.5) is 10.5 Å². The molecule has 4 rings (SSSR count). The normalized spacial score (nSPS) is 20.5. The van der Waals surface area contributed by atoms with E-state index in [9.17, 15) is 23.7 Å². The molecule has 11 nitrogen and oxygen atoms in total. The van der Waals surface area contributed by atoms with Crippen molar-refractivity contribution >= 4 is 62.4 Å². The summed E-state index contributed by atoms with van der Waals surface area (Å²) >= 11 is 12.9. The van der Waals surface area contributed by atoms with Crippen molar-refractivity contribution < 1.29 is 33.2 Å². The lowest BCUT2D eigenvalue weighted by Gasteiger charge is -2.53. The molecule has 14 heteroatoms. The number of methoxy groups -OCH3 is 1. The Balaban J connectivity index is 1.91. The molecule has 3 aromatic carbocycles. The molecule has 0 bridgehead atoms. The number of aromatic carboxylic acids is 1. The Bertz CT molecular complexity index is 1980. The number of piperidine rings is 1. The SMILES string of the molecule is COc1cc(NC(=O)C[C@@]2(C)C[C@H](c3cccc(Cl)c3)[C@@H](c3ccc(Cl)cc3)N(C(CS(=O)(=NC(=O)N(C)C)C(C)C)C(C)C)C2=O)ccc1C(=O)O. The molecule has 286 valence electrons. The fraction of sp³-hybridized carbons (Fsp3) is 0.436. The van der Waals surface area contributed by atoms with Gasteiger partial charge < -0.3 is 25.0 Å². The Morgan fingerprint density at radius 3 is 2.23 bits per heavy atom. The largest absolute Gasteiger partial charge is 0.496 e. The molecule has 0 aromatic heterocycles. The maximum absolute atomic E-state index is 15.3. The van der Waals surface area contributed by atoms with E-state index in [0.717, 1.165) is 11.1 Å². The van der Waals surface area contributed by atoms with Gasteiger partial charge in [0.2, 0.25) is 11.8 Å². The number of carbonyl (C=O) groups excluding carboxylic acids is 3. The number of carboxylic acid groups (broad SMARTS) is 1. The quantitative estimate of drug-likeness (QED) is 0.188. The van der Waals surface area contributed by atoms with Gasteiger partial charge in [0.25, 0.3) is 0 Å². The second kappa shape index (κ2) is 16.9. The van der Waals surface area contributed by atoms with Crippen LogP contribution in [0.3, 0.4) is 0 Å². The molecule has 1 fully saturated rings. The lowest BCUT2D eigenvalue weighted by molar-refractivity contribution is -0.157. The van der Waals surface area contributed by atoms with Gasteiger partial charge in [-0.15, -0.1) is 4.36 Å². The fourth-order valence-corrected chi connectivity index (χ4v) is 9.26.